The van der Waals surface area contributed by atoms with Crippen LogP contribution < -0.4 is 5.32 Å². The van der Waals surface area contributed by atoms with Gasteiger partial charge in [0.1, 0.15) is 5.60 Å². The predicted molar refractivity (Wildman–Crippen MR) is 79.9 cm³/mol. The van der Waals surface area contributed by atoms with Gasteiger partial charge in [-0.15, -0.1) is 0 Å². The van der Waals surface area contributed by atoms with Gasteiger partial charge in [-0.2, -0.15) is 13.2 Å². The van der Waals surface area contributed by atoms with E-state index >= 15 is 0 Å². The van der Waals surface area contributed by atoms with E-state index in [1.807, 2.05) is 0 Å². The molecule has 1 rings (SSSR count). The Morgan fingerprint density at radius 2 is 1.91 bits per heavy atom. The van der Waals surface area contributed by atoms with Crippen molar-refractivity contribution in [2.75, 3.05) is 11.9 Å². The van der Waals surface area contributed by atoms with E-state index in [0.29, 0.717) is 0 Å². The Morgan fingerprint density at radius 1 is 1.32 bits per heavy atom. The van der Waals surface area contributed by atoms with Crippen LogP contribution in [-0.4, -0.2) is 18.1 Å². The Hall–Kier alpha value is -1.69. The first kappa shape index (κ1) is 18.4. The molecule has 0 fully saturated rings. The molecule has 0 aliphatic carbocycles. The zero-order valence-corrected chi connectivity index (χ0v) is 13.2. The van der Waals surface area contributed by atoms with E-state index in [2.05, 4.69) is 11.9 Å². The highest BCUT2D eigenvalue weighted by atomic mass is 35.5. The van der Waals surface area contributed by atoms with Gasteiger partial charge in [0.15, 0.2) is 0 Å². The minimum Gasteiger partial charge on any atom is -0.457 e. The standard InChI is InChI=1S/C15H17ClF3NO2/c1-9(13(21)22-14(2,3)4)8-20-10-5-6-12(16)11(7-10)15(17,18)19/h5-7,20H,1,8H2,2-4H3. The van der Waals surface area contributed by atoms with Crippen LogP contribution in [-0.2, 0) is 15.7 Å². The van der Waals surface area contributed by atoms with Gasteiger partial charge in [-0.1, -0.05) is 18.2 Å². The zero-order chi connectivity index (χ0) is 17.1. The molecule has 0 unspecified atom stereocenters. The summed E-state index contributed by atoms with van der Waals surface area (Å²) in [5, 5.41) is 2.31. The predicted octanol–water partition coefficient (Wildman–Crippen LogP) is 4.67. The molecule has 0 spiro atoms. The molecule has 0 amide bonds. The number of nitrogens with one attached hydrogen (secondary N) is 1. The largest absolute Gasteiger partial charge is 0.457 e. The lowest BCUT2D eigenvalue weighted by Gasteiger charge is -2.20. The van der Waals surface area contributed by atoms with Crippen LogP contribution in [0.4, 0.5) is 18.9 Å². The molecule has 1 aromatic carbocycles. The summed E-state index contributed by atoms with van der Waals surface area (Å²) < 4.78 is 43.3. The van der Waals surface area contributed by atoms with Crippen LogP contribution in [0, 0.1) is 0 Å². The highest BCUT2D eigenvalue weighted by Crippen LogP contribution is 2.36. The van der Waals surface area contributed by atoms with Crippen LogP contribution in [0.2, 0.25) is 5.02 Å². The van der Waals surface area contributed by atoms with E-state index in [-0.39, 0.29) is 22.8 Å². The van der Waals surface area contributed by atoms with Crippen LogP contribution in [0.15, 0.2) is 30.4 Å². The number of esters is 1. The Labute approximate surface area is 132 Å². The van der Waals surface area contributed by atoms with Gasteiger partial charge in [0.05, 0.1) is 10.6 Å². The molecule has 1 N–H and O–H groups in total. The van der Waals surface area contributed by atoms with E-state index in [4.69, 9.17) is 16.3 Å². The van der Waals surface area contributed by atoms with Gasteiger partial charge >= 0.3 is 12.1 Å². The molecule has 0 aliphatic heterocycles. The Kier molecular flexibility index (Phi) is 5.51. The molecule has 3 nitrogen and oxygen atoms in total. The quantitative estimate of drug-likeness (QED) is 0.642. The molecule has 1 aromatic rings. The second-order valence-corrected chi connectivity index (χ2v) is 6.06. The third-order valence-corrected chi connectivity index (χ3v) is 2.79. The zero-order valence-electron chi connectivity index (χ0n) is 12.5. The number of ether oxygens (including phenoxy) is 1. The summed E-state index contributed by atoms with van der Waals surface area (Å²) in [6, 6.07) is 3.41. The van der Waals surface area contributed by atoms with Crippen molar-refractivity contribution in [2.24, 2.45) is 0 Å². The normalized spacial score (nSPS) is 12.0. The number of hydrogen-bond acceptors (Lipinski definition) is 3. The van der Waals surface area contributed by atoms with E-state index < -0.39 is 23.3 Å². The van der Waals surface area contributed by atoms with Crippen LogP contribution in [0.25, 0.3) is 0 Å². The summed E-state index contributed by atoms with van der Waals surface area (Å²) in [4.78, 5) is 11.7. The van der Waals surface area contributed by atoms with Crippen molar-refractivity contribution < 1.29 is 22.7 Å². The van der Waals surface area contributed by atoms with E-state index in [0.717, 1.165) is 12.1 Å². The van der Waals surface area contributed by atoms with Gasteiger partial charge in [0.2, 0.25) is 0 Å². The van der Waals surface area contributed by atoms with Gasteiger partial charge in [-0.05, 0) is 39.0 Å². The molecular formula is C15H17ClF3NO2. The van der Waals surface area contributed by atoms with Crippen molar-refractivity contribution in [1.82, 2.24) is 0 Å². The Balaban J connectivity index is 2.73. The third-order valence-electron chi connectivity index (χ3n) is 2.47. The summed E-state index contributed by atoms with van der Waals surface area (Å²) in [7, 11) is 0. The Morgan fingerprint density at radius 3 is 2.41 bits per heavy atom. The average molecular weight is 336 g/mol. The summed E-state index contributed by atoms with van der Waals surface area (Å²) in [5.41, 5.74) is -1.31. The first-order chi connectivity index (χ1) is 9.90. The molecule has 0 saturated carbocycles. The fraction of sp³-hybridized carbons (Fsp3) is 0.400. The maximum atomic E-state index is 12.7. The minimum atomic E-state index is -4.54. The van der Waals surface area contributed by atoms with Gasteiger partial charge in [0, 0.05) is 17.8 Å². The molecule has 0 radical (unpaired) electrons. The number of benzene rings is 1. The molecule has 122 valence electrons. The molecule has 0 saturated heterocycles. The number of hydrogen-bond donors (Lipinski definition) is 1. The SMILES string of the molecule is C=C(CNc1ccc(Cl)c(C(F)(F)F)c1)C(=O)OC(C)(C)C. The van der Waals surface area contributed by atoms with Crippen LogP contribution in [0.1, 0.15) is 26.3 Å². The second-order valence-electron chi connectivity index (χ2n) is 5.65. The number of halogens is 4. The first-order valence-electron chi connectivity index (χ1n) is 6.42. The summed E-state index contributed by atoms with van der Waals surface area (Å²) >= 11 is 5.53. The van der Waals surface area contributed by atoms with Crippen LogP contribution in [0.5, 0.6) is 0 Å². The smallest absolute Gasteiger partial charge is 0.417 e. The van der Waals surface area contributed by atoms with E-state index in [1.54, 1.807) is 20.8 Å². The lowest BCUT2D eigenvalue weighted by atomic mass is 10.1. The summed E-state index contributed by atoms with van der Waals surface area (Å²) in [5.74, 6) is -0.606. The molecule has 0 aromatic heterocycles. The fourth-order valence-electron chi connectivity index (χ4n) is 1.48. The Bertz CT molecular complexity index is 577. The summed E-state index contributed by atoms with van der Waals surface area (Å²) in [6.45, 7) is 8.65. The number of rotatable bonds is 4. The lowest BCUT2D eigenvalue weighted by Crippen LogP contribution is -2.26. The molecule has 0 bridgehead atoms. The molecule has 22 heavy (non-hydrogen) atoms. The van der Waals surface area contributed by atoms with Crippen molar-refractivity contribution in [2.45, 2.75) is 32.5 Å². The van der Waals surface area contributed by atoms with Crippen molar-refractivity contribution in [3.63, 3.8) is 0 Å². The maximum Gasteiger partial charge on any atom is 0.417 e. The second kappa shape index (κ2) is 6.60. The number of alkyl halides is 3. The van der Waals surface area contributed by atoms with Crippen LogP contribution in [0.3, 0.4) is 0 Å². The average Bonchev–Trinajstić information content (AvgIpc) is 2.33. The van der Waals surface area contributed by atoms with Gasteiger partial charge in [-0.3, -0.25) is 0 Å². The maximum absolute atomic E-state index is 12.7. The third kappa shape index (κ3) is 5.60. The minimum absolute atomic E-state index is 0.0339. The highest BCUT2D eigenvalue weighted by Gasteiger charge is 2.33. The number of anilines is 1. The molecule has 0 atom stereocenters. The fourth-order valence-corrected chi connectivity index (χ4v) is 1.71. The van der Waals surface area contributed by atoms with Crippen molar-refractivity contribution in [3.8, 4) is 0 Å². The summed E-state index contributed by atoms with van der Waals surface area (Å²) in [6.07, 6.45) is -4.54. The van der Waals surface area contributed by atoms with Gasteiger partial charge in [0.25, 0.3) is 0 Å². The van der Waals surface area contributed by atoms with Crippen LogP contribution >= 0.6 is 11.6 Å². The highest BCUT2D eigenvalue weighted by molar-refractivity contribution is 6.31. The topological polar surface area (TPSA) is 38.3 Å². The molecule has 0 aliphatic rings. The monoisotopic (exact) mass is 335 g/mol. The molecule has 0 heterocycles. The number of carbonyl (C=O) groups excluding carboxylic acids is 1. The van der Waals surface area contributed by atoms with Crippen molar-refractivity contribution in [1.29, 1.82) is 0 Å². The number of carbonyl (C=O) groups is 1. The van der Waals surface area contributed by atoms with Crippen molar-refractivity contribution in [3.05, 3.63) is 40.9 Å². The first-order valence-corrected chi connectivity index (χ1v) is 6.79. The van der Waals surface area contributed by atoms with Gasteiger partial charge in [-0.25, -0.2) is 4.79 Å². The van der Waals surface area contributed by atoms with Crippen molar-refractivity contribution >= 4 is 23.3 Å². The lowest BCUT2D eigenvalue weighted by molar-refractivity contribution is -0.149. The van der Waals surface area contributed by atoms with E-state index in [1.165, 1.54) is 6.07 Å². The molecular weight excluding hydrogens is 319 g/mol. The van der Waals surface area contributed by atoms with Gasteiger partial charge < -0.3 is 10.1 Å². The molecule has 7 heteroatoms. The van der Waals surface area contributed by atoms with E-state index in [9.17, 15) is 18.0 Å².